The number of nitrogens with two attached hydrogens (primary N) is 3. The molecule has 2 rings (SSSR count). The SMILES string of the molecule is CC(C)CC(N)NC(N)SC(N)C1CC2CCCCC2N1. The van der Waals surface area contributed by atoms with Crippen molar-refractivity contribution >= 4 is 11.8 Å². The first-order valence-corrected chi connectivity index (χ1v) is 9.34. The Morgan fingerprint density at radius 1 is 1.19 bits per heavy atom. The molecule has 124 valence electrons. The van der Waals surface area contributed by atoms with Gasteiger partial charge in [0.05, 0.1) is 11.5 Å². The number of rotatable bonds is 7. The van der Waals surface area contributed by atoms with Crippen LogP contribution in [0.2, 0.25) is 0 Å². The molecule has 6 unspecified atom stereocenters. The fourth-order valence-electron chi connectivity index (χ4n) is 3.70. The van der Waals surface area contributed by atoms with E-state index in [1.165, 1.54) is 32.1 Å². The Morgan fingerprint density at radius 3 is 2.57 bits per heavy atom. The van der Waals surface area contributed by atoms with E-state index in [2.05, 4.69) is 24.5 Å². The molecule has 1 aliphatic carbocycles. The maximum Gasteiger partial charge on any atom is 0.106 e. The maximum absolute atomic E-state index is 6.35. The lowest BCUT2D eigenvalue weighted by atomic mass is 9.85. The molecule has 0 aromatic heterocycles. The van der Waals surface area contributed by atoms with Crippen molar-refractivity contribution in [2.75, 3.05) is 0 Å². The van der Waals surface area contributed by atoms with Crippen molar-refractivity contribution in [1.82, 2.24) is 10.6 Å². The van der Waals surface area contributed by atoms with Crippen LogP contribution in [0.4, 0.5) is 0 Å². The van der Waals surface area contributed by atoms with E-state index in [0.717, 1.165) is 12.3 Å². The van der Waals surface area contributed by atoms with Crippen molar-refractivity contribution in [1.29, 1.82) is 0 Å². The van der Waals surface area contributed by atoms with E-state index < -0.39 is 0 Å². The van der Waals surface area contributed by atoms with E-state index in [9.17, 15) is 0 Å². The van der Waals surface area contributed by atoms with Crippen LogP contribution in [0.1, 0.15) is 52.4 Å². The lowest BCUT2D eigenvalue weighted by molar-refractivity contribution is 0.325. The largest absolute Gasteiger partial charge is 0.318 e. The van der Waals surface area contributed by atoms with Crippen molar-refractivity contribution in [3.8, 4) is 0 Å². The molecule has 0 amide bonds. The minimum absolute atomic E-state index is 0.0318. The fourth-order valence-corrected chi connectivity index (χ4v) is 4.67. The average molecular weight is 316 g/mol. The van der Waals surface area contributed by atoms with Crippen LogP contribution in [0.15, 0.2) is 0 Å². The molecule has 0 spiro atoms. The molecule has 0 aromatic carbocycles. The third-order valence-corrected chi connectivity index (χ3v) is 5.77. The summed E-state index contributed by atoms with van der Waals surface area (Å²) in [5.74, 6) is 1.39. The first-order valence-electron chi connectivity index (χ1n) is 8.40. The van der Waals surface area contributed by atoms with Crippen LogP contribution in [0.25, 0.3) is 0 Å². The van der Waals surface area contributed by atoms with Crippen LogP contribution in [-0.4, -0.2) is 29.1 Å². The van der Waals surface area contributed by atoms with Crippen molar-refractivity contribution in [3.63, 3.8) is 0 Å². The lowest BCUT2D eigenvalue weighted by Gasteiger charge is -2.26. The lowest BCUT2D eigenvalue weighted by Crippen LogP contribution is -2.51. The molecule has 5 nitrogen and oxygen atoms in total. The highest BCUT2D eigenvalue weighted by Crippen LogP contribution is 2.35. The Kier molecular flexibility index (Phi) is 6.78. The van der Waals surface area contributed by atoms with E-state index in [1.54, 1.807) is 11.8 Å². The van der Waals surface area contributed by atoms with Crippen molar-refractivity contribution in [2.45, 2.75) is 81.5 Å². The summed E-state index contributed by atoms with van der Waals surface area (Å²) in [5, 5.41) is 6.99. The third kappa shape index (κ3) is 5.37. The normalized spacial score (nSPS) is 33.7. The van der Waals surface area contributed by atoms with Gasteiger partial charge >= 0.3 is 0 Å². The van der Waals surface area contributed by atoms with E-state index in [-0.39, 0.29) is 17.0 Å². The summed E-state index contributed by atoms with van der Waals surface area (Å²) >= 11 is 1.60. The molecule has 1 saturated carbocycles. The van der Waals surface area contributed by atoms with Gasteiger partial charge in [0, 0.05) is 12.1 Å². The number of hydrogen-bond acceptors (Lipinski definition) is 6. The van der Waals surface area contributed by atoms with Crippen molar-refractivity contribution < 1.29 is 0 Å². The Labute approximate surface area is 133 Å². The van der Waals surface area contributed by atoms with E-state index in [4.69, 9.17) is 17.2 Å². The van der Waals surface area contributed by atoms with Gasteiger partial charge in [0.15, 0.2) is 0 Å². The molecule has 1 heterocycles. The van der Waals surface area contributed by atoms with Gasteiger partial charge in [0.1, 0.15) is 5.50 Å². The molecular formula is C15H33N5S. The minimum Gasteiger partial charge on any atom is -0.318 e. The summed E-state index contributed by atoms with van der Waals surface area (Å²) in [6.07, 6.45) is 7.46. The van der Waals surface area contributed by atoms with Gasteiger partial charge in [0.25, 0.3) is 0 Å². The predicted molar refractivity (Wildman–Crippen MR) is 91.4 cm³/mol. The van der Waals surface area contributed by atoms with Gasteiger partial charge < -0.3 is 22.5 Å². The van der Waals surface area contributed by atoms with Crippen LogP contribution in [0.3, 0.4) is 0 Å². The third-order valence-electron chi connectivity index (χ3n) is 4.70. The molecule has 6 atom stereocenters. The number of thioether (sulfide) groups is 1. The summed E-state index contributed by atoms with van der Waals surface area (Å²) in [4.78, 5) is 0. The number of nitrogens with one attached hydrogen (secondary N) is 2. The summed E-state index contributed by atoms with van der Waals surface area (Å²) < 4.78 is 0. The highest BCUT2D eigenvalue weighted by molar-refractivity contribution is 8.00. The maximum atomic E-state index is 6.35. The van der Waals surface area contributed by atoms with Gasteiger partial charge in [-0.05, 0) is 37.5 Å². The zero-order valence-corrected chi connectivity index (χ0v) is 14.2. The molecule has 0 radical (unpaired) electrons. The van der Waals surface area contributed by atoms with E-state index in [0.29, 0.717) is 18.0 Å². The second-order valence-corrected chi connectivity index (χ2v) is 8.41. The second kappa shape index (κ2) is 8.13. The minimum atomic E-state index is -0.196. The van der Waals surface area contributed by atoms with Gasteiger partial charge in [-0.2, -0.15) is 0 Å². The average Bonchev–Trinajstić information content (AvgIpc) is 2.80. The first kappa shape index (κ1) is 17.5. The van der Waals surface area contributed by atoms with Gasteiger partial charge in [0.2, 0.25) is 0 Å². The summed E-state index contributed by atoms with van der Waals surface area (Å²) in [7, 11) is 0. The molecule has 8 N–H and O–H groups in total. The molecule has 1 aliphatic heterocycles. The van der Waals surface area contributed by atoms with Gasteiger partial charge in [-0.3, -0.25) is 5.32 Å². The van der Waals surface area contributed by atoms with E-state index in [1.807, 2.05) is 0 Å². The zero-order chi connectivity index (χ0) is 15.4. The molecular weight excluding hydrogens is 282 g/mol. The Bertz CT molecular complexity index is 300. The molecule has 6 heteroatoms. The quantitative estimate of drug-likeness (QED) is 0.451. The van der Waals surface area contributed by atoms with Crippen LogP contribution in [0, 0.1) is 11.8 Å². The molecule has 21 heavy (non-hydrogen) atoms. The predicted octanol–water partition coefficient (Wildman–Crippen LogP) is 1.09. The highest BCUT2D eigenvalue weighted by Gasteiger charge is 2.38. The Morgan fingerprint density at radius 2 is 1.90 bits per heavy atom. The molecule has 1 saturated heterocycles. The number of fused-ring (bicyclic) bond motifs is 1. The Balaban J connectivity index is 1.72. The molecule has 0 bridgehead atoms. The standard InChI is InChI=1S/C15H33N5S/c1-9(2)7-13(16)20-15(18)21-14(17)12-8-10-5-3-4-6-11(10)19-12/h9-15,19-20H,3-8,16-18H2,1-2H3. The summed E-state index contributed by atoms with van der Waals surface area (Å²) in [6.45, 7) is 4.33. The fraction of sp³-hybridized carbons (Fsp3) is 1.00. The molecule has 2 aliphatic rings. The number of hydrogen-bond donors (Lipinski definition) is 5. The summed E-state index contributed by atoms with van der Waals surface area (Å²) in [6, 6.07) is 1.07. The second-order valence-electron chi connectivity index (χ2n) is 7.08. The Hall–Kier alpha value is 0.150. The monoisotopic (exact) mass is 315 g/mol. The van der Waals surface area contributed by atoms with Crippen LogP contribution < -0.4 is 27.8 Å². The van der Waals surface area contributed by atoms with Crippen molar-refractivity contribution in [2.24, 2.45) is 29.0 Å². The van der Waals surface area contributed by atoms with Crippen LogP contribution >= 0.6 is 11.8 Å². The first-order chi connectivity index (χ1) is 9.95. The topological polar surface area (TPSA) is 102 Å². The zero-order valence-electron chi connectivity index (χ0n) is 13.4. The smallest absolute Gasteiger partial charge is 0.106 e. The van der Waals surface area contributed by atoms with Gasteiger partial charge in [-0.25, -0.2) is 0 Å². The van der Waals surface area contributed by atoms with Crippen LogP contribution in [-0.2, 0) is 0 Å². The van der Waals surface area contributed by atoms with Gasteiger partial charge in [-0.15, -0.1) is 11.8 Å². The molecule has 2 fully saturated rings. The van der Waals surface area contributed by atoms with Crippen molar-refractivity contribution in [3.05, 3.63) is 0 Å². The molecule has 0 aromatic rings. The highest BCUT2D eigenvalue weighted by atomic mass is 32.2. The summed E-state index contributed by atoms with van der Waals surface area (Å²) in [5.41, 5.74) is 18.3. The van der Waals surface area contributed by atoms with Crippen LogP contribution in [0.5, 0.6) is 0 Å². The van der Waals surface area contributed by atoms with Gasteiger partial charge in [-0.1, -0.05) is 26.7 Å². The van der Waals surface area contributed by atoms with E-state index >= 15 is 0 Å².